The normalized spacial score (nSPS) is 19.4. The molecule has 0 aromatic heterocycles. The van der Waals surface area contributed by atoms with Crippen LogP contribution in [0.4, 0.5) is 4.39 Å². The fourth-order valence-electron chi connectivity index (χ4n) is 3.72. The van der Waals surface area contributed by atoms with E-state index in [0.29, 0.717) is 5.92 Å². The van der Waals surface area contributed by atoms with Gasteiger partial charge in [-0.1, -0.05) is 48.6 Å². The summed E-state index contributed by atoms with van der Waals surface area (Å²) in [5, 5.41) is 0. The Balaban J connectivity index is 1.52. The number of hydrogen-bond acceptors (Lipinski definition) is 0. The van der Waals surface area contributed by atoms with Crippen LogP contribution in [0.3, 0.4) is 0 Å². The minimum atomic E-state index is -0.202. The summed E-state index contributed by atoms with van der Waals surface area (Å²) < 4.78 is 13.0. The minimum Gasteiger partial charge on any atom is -0.207 e. The van der Waals surface area contributed by atoms with Gasteiger partial charge in [-0.15, -0.1) is 6.58 Å². The van der Waals surface area contributed by atoms with E-state index in [0.717, 1.165) is 29.0 Å². The maximum Gasteiger partial charge on any atom is 0.123 e. The van der Waals surface area contributed by atoms with Crippen molar-refractivity contribution in [2.75, 3.05) is 0 Å². The number of benzene rings is 2. The average Bonchev–Trinajstić information content (AvgIpc) is 2.69. The molecular weight excluding hydrogens is 319 g/mol. The second kappa shape index (κ2) is 9.39. The summed E-state index contributed by atoms with van der Waals surface area (Å²) in [5.74, 6) is 8.06. The molecule has 1 aliphatic carbocycles. The van der Waals surface area contributed by atoms with Crippen molar-refractivity contribution >= 4 is 0 Å². The van der Waals surface area contributed by atoms with Crippen LogP contribution in [0, 0.1) is 29.5 Å². The lowest BCUT2D eigenvalue weighted by molar-refractivity contribution is 0.297. The summed E-state index contributed by atoms with van der Waals surface area (Å²) in [5.41, 5.74) is 3.18. The zero-order valence-electron chi connectivity index (χ0n) is 15.4. The number of unbranched alkanes of at least 4 members (excludes halogenated alkanes) is 1. The summed E-state index contributed by atoms with van der Waals surface area (Å²) in [6, 6.07) is 14.9. The van der Waals surface area contributed by atoms with E-state index in [9.17, 15) is 4.39 Å². The van der Waals surface area contributed by atoms with Crippen molar-refractivity contribution in [3.05, 3.63) is 72.6 Å². The Bertz CT molecular complexity index is 751. The minimum absolute atomic E-state index is 0.202. The van der Waals surface area contributed by atoms with E-state index >= 15 is 0 Å². The SMILES string of the molecule is C=CCCC[C@H]1CC[C@H](C#Cc2ccc(-c3ccc(F)cc3)cc2)CC1. The molecule has 26 heavy (non-hydrogen) atoms. The molecule has 134 valence electrons. The molecule has 0 bridgehead atoms. The number of allylic oxidation sites excluding steroid dienone is 1. The van der Waals surface area contributed by atoms with Crippen LogP contribution in [0.15, 0.2) is 61.2 Å². The molecule has 1 aliphatic rings. The molecule has 0 spiro atoms. The lowest BCUT2D eigenvalue weighted by Gasteiger charge is -2.25. The molecule has 2 aromatic rings. The number of halogens is 1. The third kappa shape index (κ3) is 5.33. The molecule has 0 amide bonds. The van der Waals surface area contributed by atoms with Crippen molar-refractivity contribution in [1.82, 2.24) is 0 Å². The van der Waals surface area contributed by atoms with Crippen LogP contribution in [0.2, 0.25) is 0 Å². The summed E-state index contributed by atoms with van der Waals surface area (Å²) in [7, 11) is 0. The van der Waals surface area contributed by atoms with Crippen molar-refractivity contribution in [2.24, 2.45) is 11.8 Å². The molecule has 2 aromatic carbocycles. The van der Waals surface area contributed by atoms with Gasteiger partial charge in [-0.2, -0.15) is 0 Å². The van der Waals surface area contributed by atoms with E-state index < -0.39 is 0 Å². The molecule has 0 atom stereocenters. The molecule has 1 fully saturated rings. The van der Waals surface area contributed by atoms with E-state index in [1.807, 2.05) is 18.2 Å². The maximum atomic E-state index is 13.0. The highest BCUT2D eigenvalue weighted by Crippen LogP contribution is 2.31. The molecule has 0 unspecified atom stereocenters. The predicted molar refractivity (Wildman–Crippen MR) is 108 cm³/mol. The van der Waals surface area contributed by atoms with Gasteiger partial charge in [0, 0.05) is 11.5 Å². The van der Waals surface area contributed by atoms with Gasteiger partial charge in [0.1, 0.15) is 5.82 Å². The quantitative estimate of drug-likeness (QED) is 0.310. The molecule has 3 rings (SSSR count). The van der Waals surface area contributed by atoms with Gasteiger partial charge in [-0.25, -0.2) is 4.39 Å². The van der Waals surface area contributed by atoms with Gasteiger partial charge in [-0.05, 0) is 79.8 Å². The van der Waals surface area contributed by atoms with Crippen LogP contribution < -0.4 is 0 Å². The first kappa shape index (κ1) is 18.5. The van der Waals surface area contributed by atoms with Crippen LogP contribution in [-0.2, 0) is 0 Å². The highest BCUT2D eigenvalue weighted by molar-refractivity contribution is 5.64. The fourth-order valence-corrected chi connectivity index (χ4v) is 3.72. The maximum absolute atomic E-state index is 13.0. The molecule has 1 saturated carbocycles. The molecule has 0 saturated heterocycles. The molecule has 1 heteroatoms. The summed E-state index contributed by atoms with van der Waals surface area (Å²) in [4.78, 5) is 0. The molecule has 0 heterocycles. The van der Waals surface area contributed by atoms with Gasteiger partial charge in [0.05, 0.1) is 0 Å². The zero-order chi connectivity index (χ0) is 18.2. The van der Waals surface area contributed by atoms with Crippen LogP contribution in [0.25, 0.3) is 11.1 Å². The van der Waals surface area contributed by atoms with Crippen molar-refractivity contribution in [3.63, 3.8) is 0 Å². The molecule has 0 radical (unpaired) electrons. The first-order valence-electron chi connectivity index (χ1n) is 9.73. The van der Waals surface area contributed by atoms with Gasteiger partial charge in [0.25, 0.3) is 0 Å². The van der Waals surface area contributed by atoms with Crippen molar-refractivity contribution in [2.45, 2.75) is 44.9 Å². The largest absolute Gasteiger partial charge is 0.207 e. The topological polar surface area (TPSA) is 0 Å². The van der Waals surface area contributed by atoms with E-state index in [1.54, 1.807) is 0 Å². The fraction of sp³-hybridized carbons (Fsp3) is 0.360. The smallest absolute Gasteiger partial charge is 0.123 e. The first-order chi connectivity index (χ1) is 12.7. The molecular formula is C25H27F. The highest BCUT2D eigenvalue weighted by atomic mass is 19.1. The Labute approximate surface area is 157 Å². The Morgan fingerprint density at radius 2 is 1.54 bits per heavy atom. The van der Waals surface area contributed by atoms with Gasteiger partial charge < -0.3 is 0 Å². The third-order valence-corrected chi connectivity index (χ3v) is 5.35. The Morgan fingerprint density at radius 3 is 2.15 bits per heavy atom. The first-order valence-corrected chi connectivity index (χ1v) is 9.73. The van der Waals surface area contributed by atoms with Crippen molar-refractivity contribution in [1.29, 1.82) is 0 Å². The monoisotopic (exact) mass is 346 g/mol. The summed E-state index contributed by atoms with van der Waals surface area (Å²) in [6.07, 6.45) is 10.9. The van der Waals surface area contributed by atoms with Crippen molar-refractivity contribution in [3.8, 4) is 23.0 Å². The Kier molecular flexibility index (Phi) is 6.67. The lowest BCUT2D eigenvalue weighted by atomic mass is 9.80. The van der Waals surface area contributed by atoms with Gasteiger partial charge >= 0.3 is 0 Å². The second-order valence-electron chi connectivity index (χ2n) is 7.29. The van der Waals surface area contributed by atoms with Crippen LogP contribution >= 0.6 is 0 Å². The summed E-state index contributed by atoms with van der Waals surface area (Å²) in [6.45, 7) is 3.80. The van der Waals surface area contributed by atoms with E-state index in [-0.39, 0.29) is 5.82 Å². The number of hydrogen-bond donors (Lipinski definition) is 0. The standard InChI is InChI=1S/C25H27F/c1-2-3-4-5-20-6-8-21(9-7-20)10-11-22-12-14-23(15-13-22)24-16-18-25(26)19-17-24/h2,12-21H,1,3-9H2/t20-,21-. The Hall–Kier alpha value is -2.33. The lowest BCUT2D eigenvalue weighted by Crippen LogP contribution is -2.13. The number of rotatable bonds is 5. The van der Waals surface area contributed by atoms with Crippen molar-refractivity contribution < 1.29 is 4.39 Å². The zero-order valence-corrected chi connectivity index (χ0v) is 15.4. The van der Waals surface area contributed by atoms with Crippen LogP contribution in [0.1, 0.15) is 50.5 Å². The average molecular weight is 346 g/mol. The predicted octanol–water partition coefficient (Wildman–Crippen LogP) is 7.01. The summed E-state index contributed by atoms with van der Waals surface area (Å²) >= 11 is 0. The van der Waals surface area contributed by atoms with Gasteiger partial charge in [0.15, 0.2) is 0 Å². The Morgan fingerprint density at radius 1 is 0.923 bits per heavy atom. The highest BCUT2D eigenvalue weighted by Gasteiger charge is 2.19. The second-order valence-corrected chi connectivity index (χ2v) is 7.29. The van der Waals surface area contributed by atoms with Gasteiger partial charge in [0.2, 0.25) is 0 Å². The van der Waals surface area contributed by atoms with Crippen LogP contribution in [-0.4, -0.2) is 0 Å². The molecule has 0 aliphatic heterocycles. The van der Waals surface area contributed by atoms with E-state index in [4.69, 9.17) is 0 Å². The van der Waals surface area contributed by atoms with Gasteiger partial charge in [-0.3, -0.25) is 0 Å². The van der Waals surface area contributed by atoms with E-state index in [2.05, 4.69) is 42.7 Å². The molecule has 0 nitrogen and oxygen atoms in total. The molecule has 0 N–H and O–H groups in total. The van der Waals surface area contributed by atoms with E-state index in [1.165, 1.54) is 50.7 Å². The van der Waals surface area contributed by atoms with Crippen LogP contribution in [0.5, 0.6) is 0 Å². The third-order valence-electron chi connectivity index (χ3n) is 5.35.